The van der Waals surface area contributed by atoms with Crippen molar-refractivity contribution in [2.75, 3.05) is 49.2 Å². The topological polar surface area (TPSA) is 122 Å². The molecule has 35 heavy (non-hydrogen) atoms. The Morgan fingerprint density at radius 1 is 1.09 bits per heavy atom. The van der Waals surface area contributed by atoms with E-state index in [1.807, 2.05) is 29.6 Å². The number of hydrogen-bond donors (Lipinski definition) is 4. The molecule has 184 valence electrons. The molecule has 3 amide bonds. The average molecular weight is 495 g/mol. The first-order valence-corrected chi connectivity index (χ1v) is 12.5. The highest BCUT2D eigenvalue weighted by molar-refractivity contribution is 7.13. The van der Waals surface area contributed by atoms with E-state index in [0.29, 0.717) is 22.1 Å². The van der Waals surface area contributed by atoms with Crippen molar-refractivity contribution in [2.45, 2.75) is 18.9 Å². The Morgan fingerprint density at radius 3 is 2.57 bits per heavy atom. The minimum Gasteiger partial charge on any atom is -0.397 e. The fourth-order valence-electron chi connectivity index (χ4n) is 3.91. The van der Waals surface area contributed by atoms with Crippen molar-refractivity contribution < 1.29 is 14.3 Å². The minimum absolute atomic E-state index is 0.210. The summed E-state index contributed by atoms with van der Waals surface area (Å²) >= 11 is 1.36. The third-order valence-electron chi connectivity index (χ3n) is 5.81. The predicted octanol–water partition coefficient (Wildman–Crippen LogP) is 3.95. The molecule has 2 aromatic carbocycles. The van der Waals surface area contributed by atoms with Gasteiger partial charge in [0.2, 0.25) is 0 Å². The van der Waals surface area contributed by atoms with E-state index in [1.54, 1.807) is 30.5 Å². The number of morpholine rings is 1. The van der Waals surface area contributed by atoms with Crippen molar-refractivity contribution in [1.29, 1.82) is 0 Å². The highest BCUT2D eigenvalue weighted by Crippen LogP contribution is 2.22. The third kappa shape index (κ3) is 7.25. The first kappa shape index (κ1) is 24.6. The number of hydrogen-bond acceptors (Lipinski definition) is 7. The molecule has 2 heterocycles. The van der Waals surface area contributed by atoms with E-state index in [2.05, 4.69) is 25.8 Å². The van der Waals surface area contributed by atoms with Crippen LogP contribution >= 0.6 is 11.3 Å². The molecule has 1 saturated heterocycles. The molecule has 1 aromatic heterocycles. The Hall–Kier alpha value is -3.47. The van der Waals surface area contributed by atoms with Crippen LogP contribution < -0.4 is 21.7 Å². The van der Waals surface area contributed by atoms with Crippen LogP contribution in [0.4, 0.5) is 21.3 Å². The number of carbonyl (C=O) groups excluding carboxylic acids is 2. The smallest absolute Gasteiger partial charge is 0.321 e. The summed E-state index contributed by atoms with van der Waals surface area (Å²) in [5.41, 5.74) is 8.45. The Morgan fingerprint density at radius 2 is 1.86 bits per heavy atom. The third-order valence-corrected chi connectivity index (χ3v) is 6.50. The summed E-state index contributed by atoms with van der Waals surface area (Å²) in [6.45, 7) is 4.32. The fraction of sp³-hybridized carbons (Fsp3) is 0.320. The van der Waals surface area contributed by atoms with Gasteiger partial charge in [-0.15, -0.1) is 11.3 Å². The lowest BCUT2D eigenvalue weighted by atomic mass is 10.00. The van der Waals surface area contributed by atoms with Gasteiger partial charge in [0.1, 0.15) is 0 Å². The zero-order valence-corrected chi connectivity index (χ0v) is 20.2. The number of nitrogens with zero attached hydrogens (tertiary/aromatic N) is 2. The lowest BCUT2D eigenvalue weighted by molar-refractivity contribution is 0.0369. The first-order valence-electron chi connectivity index (χ1n) is 11.6. The zero-order chi connectivity index (χ0) is 24.5. The van der Waals surface area contributed by atoms with Gasteiger partial charge in [-0.3, -0.25) is 15.0 Å². The van der Waals surface area contributed by atoms with Crippen LogP contribution in [0.3, 0.4) is 0 Å². The van der Waals surface area contributed by atoms with Gasteiger partial charge in [-0.1, -0.05) is 24.3 Å². The Kier molecular flexibility index (Phi) is 8.66. The van der Waals surface area contributed by atoms with Gasteiger partial charge in [-0.05, 0) is 49.2 Å². The SMILES string of the molecule is Nc1ccccc1NC(=O)c1ccc(C(CCCN2CCOCC2)NC(=O)Nc2nccs2)cc1. The van der Waals surface area contributed by atoms with Crippen LogP contribution in [-0.2, 0) is 4.74 Å². The van der Waals surface area contributed by atoms with Gasteiger partial charge in [0, 0.05) is 30.2 Å². The lowest BCUT2D eigenvalue weighted by Gasteiger charge is -2.27. The number of rotatable bonds is 9. The molecule has 1 aliphatic rings. The second-order valence-electron chi connectivity index (χ2n) is 8.25. The fourth-order valence-corrected chi connectivity index (χ4v) is 4.44. The number of benzene rings is 2. The van der Waals surface area contributed by atoms with Crippen molar-refractivity contribution in [3.8, 4) is 0 Å². The molecular formula is C25H30N6O3S. The summed E-state index contributed by atoms with van der Waals surface area (Å²) in [4.78, 5) is 31.8. The van der Waals surface area contributed by atoms with Crippen LogP contribution in [0.15, 0.2) is 60.1 Å². The van der Waals surface area contributed by atoms with Crippen LogP contribution in [0.2, 0.25) is 0 Å². The normalized spacial score (nSPS) is 14.7. The minimum atomic E-state index is -0.308. The second kappa shape index (κ2) is 12.3. The van der Waals surface area contributed by atoms with Crippen LogP contribution in [0.5, 0.6) is 0 Å². The molecular weight excluding hydrogens is 464 g/mol. The number of para-hydroxylation sites is 2. The Bertz CT molecular complexity index is 1100. The molecule has 1 unspecified atom stereocenters. The van der Waals surface area contributed by atoms with Crippen LogP contribution in [0.1, 0.15) is 34.8 Å². The van der Waals surface area contributed by atoms with Crippen molar-refractivity contribution in [3.63, 3.8) is 0 Å². The Balaban J connectivity index is 1.40. The van der Waals surface area contributed by atoms with Gasteiger partial charge in [0.15, 0.2) is 5.13 Å². The van der Waals surface area contributed by atoms with E-state index < -0.39 is 0 Å². The summed E-state index contributed by atoms with van der Waals surface area (Å²) in [6, 6.07) is 13.9. The molecule has 0 saturated carbocycles. The molecule has 1 aliphatic heterocycles. The zero-order valence-electron chi connectivity index (χ0n) is 19.4. The average Bonchev–Trinajstić information content (AvgIpc) is 3.38. The number of thiazole rings is 1. The number of nitrogen functional groups attached to an aromatic ring is 1. The predicted molar refractivity (Wildman–Crippen MR) is 139 cm³/mol. The number of carbonyl (C=O) groups is 2. The molecule has 0 spiro atoms. The number of nitrogens with two attached hydrogens (primary N) is 1. The standard InChI is InChI=1S/C25H30N6O3S/c26-20-4-1-2-5-22(20)28-23(32)19-9-7-18(8-10-19)21(6-3-12-31-13-15-34-16-14-31)29-24(33)30-25-27-11-17-35-25/h1-2,4-5,7-11,17,21H,3,6,12-16,26H2,(H,28,32)(H2,27,29,30,33). The maximum atomic E-state index is 12.7. The van der Waals surface area contributed by atoms with Crippen molar-refractivity contribution in [1.82, 2.24) is 15.2 Å². The number of nitrogens with one attached hydrogen (secondary N) is 3. The molecule has 10 heteroatoms. The Labute approximate surface area is 208 Å². The molecule has 5 N–H and O–H groups in total. The maximum Gasteiger partial charge on any atom is 0.321 e. The van der Waals surface area contributed by atoms with Gasteiger partial charge in [-0.2, -0.15) is 0 Å². The largest absolute Gasteiger partial charge is 0.397 e. The van der Waals surface area contributed by atoms with Crippen LogP contribution in [0, 0.1) is 0 Å². The molecule has 0 aliphatic carbocycles. The van der Waals surface area contributed by atoms with E-state index >= 15 is 0 Å². The second-order valence-corrected chi connectivity index (χ2v) is 9.14. The summed E-state index contributed by atoms with van der Waals surface area (Å²) < 4.78 is 5.42. The lowest BCUT2D eigenvalue weighted by Crippen LogP contribution is -2.37. The maximum absolute atomic E-state index is 12.7. The molecule has 9 nitrogen and oxygen atoms in total. The number of ether oxygens (including phenoxy) is 1. The van der Waals surface area contributed by atoms with E-state index in [4.69, 9.17) is 10.5 Å². The number of amides is 3. The van der Waals surface area contributed by atoms with Crippen molar-refractivity contribution >= 4 is 39.8 Å². The van der Waals surface area contributed by atoms with E-state index in [9.17, 15) is 9.59 Å². The van der Waals surface area contributed by atoms with E-state index in [0.717, 1.165) is 51.3 Å². The summed E-state index contributed by atoms with van der Waals surface area (Å²) in [5.74, 6) is -0.243. The number of aromatic nitrogens is 1. The molecule has 0 bridgehead atoms. The van der Waals surface area contributed by atoms with E-state index in [1.165, 1.54) is 11.3 Å². The van der Waals surface area contributed by atoms with Crippen molar-refractivity contribution in [3.05, 3.63) is 71.2 Å². The van der Waals surface area contributed by atoms with Crippen LogP contribution in [0.25, 0.3) is 0 Å². The molecule has 3 aromatic rings. The molecule has 0 radical (unpaired) electrons. The van der Waals surface area contributed by atoms with E-state index in [-0.39, 0.29) is 18.0 Å². The number of anilines is 3. The van der Waals surface area contributed by atoms with Gasteiger partial charge in [0.25, 0.3) is 5.91 Å². The van der Waals surface area contributed by atoms with Crippen LogP contribution in [-0.4, -0.2) is 54.7 Å². The van der Waals surface area contributed by atoms with Gasteiger partial charge in [-0.25, -0.2) is 9.78 Å². The van der Waals surface area contributed by atoms with Gasteiger partial charge >= 0.3 is 6.03 Å². The van der Waals surface area contributed by atoms with Gasteiger partial charge < -0.3 is 21.1 Å². The monoisotopic (exact) mass is 494 g/mol. The number of urea groups is 1. The molecule has 4 rings (SSSR count). The highest BCUT2D eigenvalue weighted by atomic mass is 32.1. The summed E-state index contributed by atoms with van der Waals surface area (Å²) in [7, 11) is 0. The molecule has 1 fully saturated rings. The summed E-state index contributed by atoms with van der Waals surface area (Å²) in [5, 5.41) is 11.0. The summed E-state index contributed by atoms with van der Waals surface area (Å²) in [6.07, 6.45) is 3.32. The first-order chi connectivity index (χ1) is 17.1. The van der Waals surface area contributed by atoms with Crippen molar-refractivity contribution in [2.24, 2.45) is 0 Å². The quantitative estimate of drug-likeness (QED) is 0.334. The molecule has 1 atom stereocenters. The highest BCUT2D eigenvalue weighted by Gasteiger charge is 2.18. The van der Waals surface area contributed by atoms with Gasteiger partial charge in [0.05, 0.1) is 30.6 Å².